The molecule has 1 spiro atoms. The molecule has 1 aliphatic carbocycles. The van der Waals surface area contributed by atoms with Crippen molar-refractivity contribution in [2.24, 2.45) is 5.41 Å². The highest BCUT2D eigenvalue weighted by Crippen LogP contribution is 2.53. The van der Waals surface area contributed by atoms with E-state index in [1.165, 1.54) is 19.3 Å². The first-order valence-corrected chi connectivity index (χ1v) is 9.36. The van der Waals surface area contributed by atoms with Crippen molar-refractivity contribution in [1.82, 2.24) is 25.5 Å². The number of piperidine rings is 1. The molecule has 0 unspecified atom stereocenters. The van der Waals surface area contributed by atoms with Crippen molar-refractivity contribution in [3.05, 3.63) is 35.1 Å². The first kappa shape index (κ1) is 15.3. The second-order valence-corrected chi connectivity index (χ2v) is 7.84. The lowest BCUT2D eigenvalue weighted by Gasteiger charge is -2.32. The van der Waals surface area contributed by atoms with E-state index in [1.807, 2.05) is 18.2 Å². The molecule has 0 amide bonds. The Kier molecular flexibility index (Phi) is 3.53. The van der Waals surface area contributed by atoms with Crippen LogP contribution >= 0.6 is 15.9 Å². The Morgan fingerprint density at radius 3 is 3.00 bits per heavy atom. The van der Waals surface area contributed by atoms with Crippen LogP contribution in [0.2, 0.25) is 0 Å². The van der Waals surface area contributed by atoms with Crippen LogP contribution in [0.4, 0.5) is 0 Å². The highest BCUT2D eigenvalue weighted by atomic mass is 79.9. The lowest BCUT2D eigenvalue weighted by atomic mass is 9.92. The van der Waals surface area contributed by atoms with Gasteiger partial charge in [0.1, 0.15) is 17.5 Å². The van der Waals surface area contributed by atoms with Crippen LogP contribution in [0.5, 0.6) is 5.88 Å². The van der Waals surface area contributed by atoms with Gasteiger partial charge in [-0.3, -0.25) is 10.1 Å². The predicted molar refractivity (Wildman–Crippen MR) is 98.4 cm³/mol. The minimum absolute atomic E-state index is 0.177. The summed E-state index contributed by atoms with van der Waals surface area (Å²) < 4.78 is 7.23. The molecule has 1 atom stereocenters. The maximum absolute atomic E-state index is 6.22. The molecule has 7 heteroatoms. The number of halogens is 1. The number of ether oxygens (including phenoxy) is 1. The summed E-state index contributed by atoms with van der Waals surface area (Å²) in [5, 5.41) is 11.9. The summed E-state index contributed by atoms with van der Waals surface area (Å²) in [6.45, 7) is 1.96. The summed E-state index contributed by atoms with van der Waals surface area (Å²) >= 11 is 3.51. The van der Waals surface area contributed by atoms with Gasteiger partial charge in [-0.25, -0.2) is 4.98 Å². The molecule has 2 aliphatic rings. The monoisotopic (exact) mass is 399 g/mol. The molecule has 128 valence electrons. The van der Waals surface area contributed by atoms with Crippen molar-refractivity contribution in [2.75, 3.05) is 13.1 Å². The third-order valence-corrected chi connectivity index (χ3v) is 5.84. The smallest absolute Gasteiger partial charge is 0.233 e. The Balaban J connectivity index is 1.47. The van der Waals surface area contributed by atoms with E-state index in [0.29, 0.717) is 11.3 Å². The number of hydrogen-bond acceptors (Lipinski definition) is 5. The second kappa shape index (κ2) is 5.78. The van der Waals surface area contributed by atoms with Gasteiger partial charge >= 0.3 is 0 Å². The maximum Gasteiger partial charge on any atom is 0.233 e. The first-order valence-electron chi connectivity index (χ1n) is 8.57. The van der Waals surface area contributed by atoms with Crippen molar-refractivity contribution in [1.29, 1.82) is 0 Å². The molecule has 6 nitrogen and oxygen atoms in total. The zero-order valence-corrected chi connectivity index (χ0v) is 15.2. The van der Waals surface area contributed by atoms with E-state index in [2.05, 4.69) is 41.4 Å². The molecule has 1 aliphatic heterocycles. The highest BCUT2D eigenvalue weighted by molar-refractivity contribution is 9.10. The van der Waals surface area contributed by atoms with Crippen molar-refractivity contribution in [2.45, 2.75) is 25.4 Å². The fourth-order valence-electron chi connectivity index (χ4n) is 3.69. The molecule has 1 saturated heterocycles. The van der Waals surface area contributed by atoms with Gasteiger partial charge in [0.05, 0.1) is 17.9 Å². The lowest BCUT2D eigenvalue weighted by Crippen LogP contribution is -2.45. The van der Waals surface area contributed by atoms with Crippen molar-refractivity contribution in [3.8, 4) is 17.3 Å². The van der Waals surface area contributed by atoms with Crippen LogP contribution in [0.1, 0.15) is 19.3 Å². The summed E-state index contributed by atoms with van der Waals surface area (Å²) in [5.74, 6) is 0.573. The SMILES string of the molecule is Brc1ccc2[nH]nc(-c3cncc(O[C@H]4CNCCC45CC5)n3)c2c1. The molecule has 0 radical (unpaired) electrons. The Labute approximate surface area is 153 Å². The number of rotatable bonds is 3. The average Bonchev–Trinajstić information content (AvgIpc) is 3.27. The van der Waals surface area contributed by atoms with Crippen LogP contribution < -0.4 is 10.1 Å². The zero-order chi connectivity index (χ0) is 16.9. The number of nitrogens with zero attached hydrogens (tertiary/aromatic N) is 3. The third kappa shape index (κ3) is 2.71. The molecule has 2 aromatic heterocycles. The van der Waals surface area contributed by atoms with Crippen LogP contribution in [-0.2, 0) is 0 Å². The van der Waals surface area contributed by atoms with Crippen molar-refractivity contribution >= 4 is 26.8 Å². The minimum atomic E-state index is 0.177. The van der Waals surface area contributed by atoms with Crippen molar-refractivity contribution in [3.63, 3.8) is 0 Å². The number of aromatic nitrogens is 4. The third-order valence-electron chi connectivity index (χ3n) is 5.35. The fraction of sp³-hybridized carbons (Fsp3) is 0.389. The first-order chi connectivity index (χ1) is 12.2. The van der Waals surface area contributed by atoms with Crippen LogP contribution in [-0.4, -0.2) is 39.4 Å². The summed E-state index contributed by atoms with van der Waals surface area (Å²) in [4.78, 5) is 9.00. The minimum Gasteiger partial charge on any atom is -0.471 e. The van der Waals surface area contributed by atoms with E-state index in [4.69, 9.17) is 4.74 Å². The lowest BCUT2D eigenvalue weighted by molar-refractivity contribution is 0.0844. The zero-order valence-electron chi connectivity index (χ0n) is 13.6. The van der Waals surface area contributed by atoms with E-state index in [9.17, 15) is 0 Å². The van der Waals surface area contributed by atoms with Crippen LogP contribution in [0.15, 0.2) is 35.1 Å². The van der Waals surface area contributed by atoms with E-state index in [-0.39, 0.29) is 6.10 Å². The Bertz CT molecular complexity index is 936. The number of benzene rings is 1. The Morgan fingerprint density at radius 2 is 2.12 bits per heavy atom. The molecule has 0 bridgehead atoms. The Morgan fingerprint density at radius 1 is 1.20 bits per heavy atom. The van der Waals surface area contributed by atoms with E-state index in [0.717, 1.165) is 39.9 Å². The van der Waals surface area contributed by atoms with Gasteiger partial charge in [0, 0.05) is 21.8 Å². The number of hydrogen-bond donors (Lipinski definition) is 2. The number of aromatic amines is 1. The molecular weight excluding hydrogens is 382 g/mol. The van der Waals surface area contributed by atoms with Gasteiger partial charge in [-0.1, -0.05) is 15.9 Å². The quantitative estimate of drug-likeness (QED) is 0.706. The van der Waals surface area contributed by atoms with Gasteiger partial charge in [-0.05, 0) is 44.0 Å². The van der Waals surface area contributed by atoms with Gasteiger partial charge < -0.3 is 10.1 Å². The van der Waals surface area contributed by atoms with E-state index < -0.39 is 0 Å². The highest BCUT2D eigenvalue weighted by Gasteiger charge is 2.52. The molecule has 1 aromatic carbocycles. The number of fused-ring (bicyclic) bond motifs is 1. The fourth-order valence-corrected chi connectivity index (χ4v) is 4.05. The second-order valence-electron chi connectivity index (χ2n) is 6.93. The molecule has 2 fully saturated rings. The van der Waals surface area contributed by atoms with Gasteiger partial charge in [-0.15, -0.1) is 0 Å². The summed E-state index contributed by atoms with van der Waals surface area (Å²) in [6, 6.07) is 6.02. The standard InChI is InChI=1S/C18H18BrN5O/c19-11-1-2-13-12(7-11)17(24-23-13)14-8-21-10-16(22-14)25-15-9-20-6-5-18(15)3-4-18/h1-2,7-8,10,15,20H,3-6,9H2,(H,23,24)/t15-/m0/s1. The van der Waals surface area contributed by atoms with E-state index in [1.54, 1.807) is 12.4 Å². The van der Waals surface area contributed by atoms with Crippen LogP contribution in [0.25, 0.3) is 22.3 Å². The molecule has 25 heavy (non-hydrogen) atoms. The summed E-state index contributed by atoms with van der Waals surface area (Å²) in [6.07, 6.45) is 7.29. The Hall–Kier alpha value is -1.99. The number of H-pyrrole nitrogens is 1. The van der Waals surface area contributed by atoms with Gasteiger partial charge in [-0.2, -0.15) is 5.10 Å². The van der Waals surface area contributed by atoms with Crippen molar-refractivity contribution < 1.29 is 4.74 Å². The number of nitrogens with one attached hydrogen (secondary N) is 2. The predicted octanol–water partition coefficient (Wildman–Crippen LogP) is 3.30. The van der Waals surface area contributed by atoms with Gasteiger partial charge in [0.25, 0.3) is 0 Å². The van der Waals surface area contributed by atoms with Gasteiger partial charge in [0.2, 0.25) is 5.88 Å². The van der Waals surface area contributed by atoms with Gasteiger partial charge in [0.15, 0.2) is 0 Å². The molecule has 1 saturated carbocycles. The average molecular weight is 400 g/mol. The van der Waals surface area contributed by atoms with Crippen LogP contribution in [0.3, 0.4) is 0 Å². The summed E-state index contributed by atoms with van der Waals surface area (Å²) in [7, 11) is 0. The molecular formula is C18H18BrN5O. The van der Waals surface area contributed by atoms with E-state index >= 15 is 0 Å². The summed E-state index contributed by atoms with van der Waals surface area (Å²) in [5.41, 5.74) is 2.83. The van der Waals surface area contributed by atoms with Crippen LogP contribution in [0, 0.1) is 5.41 Å². The largest absolute Gasteiger partial charge is 0.471 e. The topological polar surface area (TPSA) is 75.7 Å². The molecule has 3 aromatic rings. The molecule has 5 rings (SSSR count). The molecule has 3 heterocycles. The normalized spacial score (nSPS) is 21.6. The maximum atomic E-state index is 6.22. The molecule has 2 N–H and O–H groups in total.